The summed E-state index contributed by atoms with van der Waals surface area (Å²) >= 11 is 0. The van der Waals surface area contributed by atoms with Gasteiger partial charge in [-0.2, -0.15) is 0 Å². The molecule has 6 nitrogen and oxygen atoms in total. The van der Waals surface area contributed by atoms with E-state index in [9.17, 15) is 9.59 Å². The molecule has 0 radical (unpaired) electrons. The van der Waals surface area contributed by atoms with Crippen LogP contribution in [0.15, 0.2) is 24.3 Å². The molecule has 26 heavy (non-hydrogen) atoms. The number of benzene rings is 1. The number of urea groups is 1. The highest BCUT2D eigenvalue weighted by Gasteiger charge is 2.17. The van der Waals surface area contributed by atoms with E-state index in [-0.39, 0.29) is 18.0 Å². The number of hydrogen-bond donors (Lipinski definition) is 3. The average Bonchev–Trinajstić information content (AvgIpc) is 2.59. The summed E-state index contributed by atoms with van der Waals surface area (Å²) in [5, 5.41) is 8.48. The van der Waals surface area contributed by atoms with Crippen LogP contribution >= 0.6 is 0 Å². The van der Waals surface area contributed by atoms with Gasteiger partial charge in [0.05, 0.1) is 0 Å². The topological polar surface area (TPSA) is 73.5 Å². The number of piperidine rings is 1. The summed E-state index contributed by atoms with van der Waals surface area (Å²) in [6.45, 7) is 8.93. The predicted molar refractivity (Wildman–Crippen MR) is 106 cm³/mol. The maximum absolute atomic E-state index is 12.3. The van der Waals surface area contributed by atoms with Gasteiger partial charge in [-0.05, 0) is 64.8 Å². The molecule has 1 aliphatic heterocycles. The fourth-order valence-electron chi connectivity index (χ4n) is 3.24. The molecular formula is C20H32N4O2. The summed E-state index contributed by atoms with van der Waals surface area (Å²) in [6, 6.07) is 7.44. The first-order valence-electron chi connectivity index (χ1n) is 9.65. The van der Waals surface area contributed by atoms with Gasteiger partial charge < -0.3 is 20.9 Å². The molecule has 1 atom stereocenters. The summed E-state index contributed by atoms with van der Waals surface area (Å²) in [4.78, 5) is 26.6. The zero-order valence-corrected chi connectivity index (χ0v) is 16.2. The van der Waals surface area contributed by atoms with E-state index in [2.05, 4.69) is 27.8 Å². The minimum atomic E-state index is -0.270. The molecule has 1 aliphatic rings. The molecule has 3 N–H and O–H groups in total. The van der Waals surface area contributed by atoms with Crippen molar-refractivity contribution >= 4 is 17.6 Å². The molecule has 1 fully saturated rings. The third-order valence-corrected chi connectivity index (χ3v) is 4.65. The van der Waals surface area contributed by atoms with Gasteiger partial charge in [0.15, 0.2) is 0 Å². The van der Waals surface area contributed by atoms with Gasteiger partial charge in [0.2, 0.25) is 0 Å². The number of likely N-dealkylation sites (tertiary alicyclic amines) is 1. The van der Waals surface area contributed by atoms with Crippen LogP contribution in [-0.2, 0) is 0 Å². The SMILES string of the molecule is CC(C)NC(=O)Nc1cccc(C(=O)NCCCN2CCCC[C@@H]2C)c1. The molecule has 0 bridgehead atoms. The first kappa shape index (κ1) is 20.2. The van der Waals surface area contributed by atoms with Gasteiger partial charge in [-0.25, -0.2) is 4.79 Å². The highest BCUT2D eigenvalue weighted by atomic mass is 16.2. The van der Waals surface area contributed by atoms with Crippen LogP contribution < -0.4 is 16.0 Å². The lowest BCUT2D eigenvalue weighted by Gasteiger charge is -2.33. The molecular weight excluding hydrogens is 328 g/mol. The number of amides is 3. The minimum Gasteiger partial charge on any atom is -0.352 e. The number of rotatable bonds is 7. The van der Waals surface area contributed by atoms with Crippen molar-refractivity contribution in [1.82, 2.24) is 15.5 Å². The monoisotopic (exact) mass is 360 g/mol. The fraction of sp³-hybridized carbons (Fsp3) is 0.600. The Balaban J connectivity index is 1.76. The minimum absolute atomic E-state index is 0.0594. The zero-order chi connectivity index (χ0) is 18.9. The van der Waals surface area contributed by atoms with E-state index in [1.54, 1.807) is 24.3 Å². The van der Waals surface area contributed by atoms with Crippen LogP contribution in [0.2, 0.25) is 0 Å². The summed E-state index contributed by atoms with van der Waals surface area (Å²) in [7, 11) is 0. The van der Waals surface area contributed by atoms with Crippen LogP contribution in [-0.4, -0.2) is 48.6 Å². The number of nitrogens with one attached hydrogen (secondary N) is 3. The van der Waals surface area contributed by atoms with Crippen molar-refractivity contribution in [1.29, 1.82) is 0 Å². The van der Waals surface area contributed by atoms with Crippen molar-refractivity contribution in [2.24, 2.45) is 0 Å². The summed E-state index contributed by atoms with van der Waals surface area (Å²) in [5.74, 6) is -0.107. The largest absolute Gasteiger partial charge is 0.352 e. The molecule has 1 saturated heterocycles. The van der Waals surface area contributed by atoms with Gasteiger partial charge in [0.25, 0.3) is 5.91 Å². The first-order chi connectivity index (χ1) is 12.5. The van der Waals surface area contributed by atoms with Crippen LogP contribution in [0, 0.1) is 0 Å². The Hall–Kier alpha value is -2.08. The van der Waals surface area contributed by atoms with Crippen LogP contribution in [0.3, 0.4) is 0 Å². The number of carbonyl (C=O) groups excluding carboxylic acids is 2. The summed E-state index contributed by atoms with van der Waals surface area (Å²) in [5.41, 5.74) is 1.16. The zero-order valence-electron chi connectivity index (χ0n) is 16.2. The predicted octanol–water partition coefficient (Wildman–Crippen LogP) is 3.21. The van der Waals surface area contributed by atoms with Gasteiger partial charge >= 0.3 is 6.03 Å². The lowest BCUT2D eigenvalue weighted by molar-refractivity contribution is 0.0949. The Morgan fingerprint density at radius 2 is 2.08 bits per heavy atom. The van der Waals surface area contributed by atoms with E-state index in [1.807, 2.05) is 13.8 Å². The summed E-state index contributed by atoms with van der Waals surface area (Å²) < 4.78 is 0. The summed E-state index contributed by atoms with van der Waals surface area (Å²) in [6.07, 6.45) is 4.83. The lowest BCUT2D eigenvalue weighted by Crippen LogP contribution is -2.39. The second-order valence-corrected chi connectivity index (χ2v) is 7.32. The van der Waals surface area contributed by atoms with Crippen LogP contribution in [0.5, 0.6) is 0 Å². The third-order valence-electron chi connectivity index (χ3n) is 4.65. The van der Waals surface area contributed by atoms with E-state index in [0.717, 1.165) is 13.0 Å². The van der Waals surface area contributed by atoms with Crippen molar-refractivity contribution in [3.05, 3.63) is 29.8 Å². The van der Waals surface area contributed by atoms with Crippen molar-refractivity contribution in [3.8, 4) is 0 Å². The third kappa shape index (κ3) is 6.67. The maximum atomic E-state index is 12.3. The average molecular weight is 361 g/mol. The maximum Gasteiger partial charge on any atom is 0.319 e. The molecule has 1 heterocycles. The highest BCUT2D eigenvalue weighted by molar-refractivity contribution is 5.96. The highest BCUT2D eigenvalue weighted by Crippen LogP contribution is 2.16. The van der Waals surface area contributed by atoms with Gasteiger partial charge in [-0.1, -0.05) is 12.5 Å². The van der Waals surface area contributed by atoms with Gasteiger partial charge in [0.1, 0.15) is 0 Å². The number of anilines is 1. The quantitative estimate of drug-likeness (QED) is 0.654. The molecule has 1 aromatic carbocycles. The fourth-order valence-corrected chi connectivity index (χ4v) is 3.24. The van der Waals surface area contributed by atoms with Crippen LogP contribution in [0.4, 0.5) is 10.5 Å². The van der Waals surface area contributed by atoms with Crippen molar-refractivity contribution in [2.75, 3.05) is 25.0 Å². The van der Waals surface area contributed by atoms with Gasteiger partial charge in [0, 0.05) is 36.4 Å². The van der Waals surface area contributed by atoms with E-state index >= 15 is 0 Å². The Bertz CT molecular complexity index is 603. The Kier molecular flexibility index (Phi) is 7.91. The second kappa shape index (κ2) is 10.2. The molecule has 3 amide bonds. The molecule has 2 rings (SSSR count). The standard InChI is InChI=1S/C20H32N4O2/c1-15(2)22-20(26)23-18-10-6-9-17(14-18)19(25)21-11-7-13-24-12-5-4-8-16(24)3/h6,9-10,14-16H,4-5,7-8,11-13H2,1-3H3,(H,21,25)(H2,22,23,26)/t16-/m0/s1. The Morgan fingerprint density at radius 3 is 2.81 bits per heavy atom. The van der Waals surface area contributed by atoms with Crippen LogP contribution in [0.1, 0.15) is 56.8 Å². The molecule has 0 aliphatic carbocycles. The molecule has 0 saturated carbocycles. The lowest BCUT2D eigenvalue weighted by atomic mass is 10.0. The van der Waals surface area contributed by atoms with E-state index in [0.29, 0.717) is 23.8 Å². The normalized spacial score (nSPS) is 17.8. The van der Waals surface area contributed by atoms with E-state index in [4.69, 9.17) is 0 Å². The Morgan fingerprint density at radius 1 is 1.27 bits per heavy atom. The van der Waals surface area contributed by atoms with E-state index < -0.39 is 0 Å². The number of hydrogen-bond acceptors (Lipinski definition) is 3. The van der Waals surface area contributed by atoms with Gasteiger partial charge in [-0.15, -0.1) is 0 Å². The van der Waals surface area contributed by atoms with Gasteiger partial charge in [-0.3, -0.25) is 4.79 Å². The van der Waals surface area contributed by atoms with Crippen molar-refractivity contribution < 1.29 is 9.59 Å². The molecule has 0 unspecified atom stereocenters. The van der Waals surface area contributed by atoms with Crippen LogP contribution in [0.25, 0.3) is 0 Å². The molecule has 1 aromatic rings. The molecule has 0 spiro atoms. The number of nitrogens with zero attached hydrogens (tertiary/aromatic N) is 1. The first-order valence-corrected chi connectivity index (χ1v) is 9.65. The molecule has 144 valence electrons. The van der Waals surface area contributed by atoms with Crippen molar-refractivity contribution in [3.63, 3.8) is 0 Å². The van der Waals surface area contributed by atoms with E-state index in [1.165, 1.54) is 25.8 Å². The molecule has 6 heteroatoms. The number of carbonyl (C=O) groups is 2. The molecule has 0 aromatic heterocycles. The second-order valence-electron chi connectivity index (χ2n) is 7.32. The van der Waals surface area contributed by atoms with Crippen molar-refractivity contribution in [2.45, 2.75) is 58.5 Å². The smallest absolute Gasteiger partial charge is 0.319 e. The Labute approximate surface area is 156 Å².